The first-order chi connectivity index (χ1) is 12.9. The molecule has 1 saturated heterocycles. The number of rotatable bonds is 7. The van der Waals surface area contributed by atoms with Gasteiger partial charge in [-0.3, -0.25) is 14.4 Å². The number of benzene rings is 1. The first kappa shape index (κ1) is 20.7. The highest BCUT2D eigenvalue weighted by atomic mass is 16.5. The van der Waals surface area contributed by atoms with Crippen molar-refractivity contribution in [2.75, 3.05) is 26.2 Å². The summed E-state index contributed by atoms with van der Waals surface area (Å²) in [7, 11) is 0. The molecule has 1 aliphatic rings. The van der Waals surface area contributed by atoms with E-state index in [-0.39, 0.29) is 31.0 Å². The Morgan fingerprint density at radius 1 is 1.19 bits per heavy atom. The molecule has 0 spiro atoms. The minimum atomic E-state index is -1.02. The SMILES string of the molecule is CCc1ccc(OCC(=O)N2CCCC(N(CC(=O)O)C(C)=O)CC2)cc1. The number of carbonyl (C=O) groups excluding carboxylic acids is 2. The lowest BCUT2D eigenvalue weighted by molar-refractivity contribution is -0.145. The van der Waals surface area contributed by atoms with Crippen molar-refractivity contribution in [3.05, 3.63) is 29.8 Å². The molecule has 2 rings (SSSR count). The van der Waals surface area contributed by atoms with E-state index in [0.717, 1.165) is 12.8 Å². The predicted octanol–water partition coefficient (Wildman–Crippen LogP) is 1.94. The molecule has 1 atom stereocenters. The van der Waals surface area contributed by atoms with Gasteiger partial charge in [-0.25, -0.2) is 0 Å². The number of carbonyl (C=O) groups is 3. The number of amides is 2. The number of ether oxygens (including phenoxy) is 1. The molecule has 1 aromatic carbocycles. The van der Waals surface area contributed by atoms with Gasteiger partial charge in [-0.05, 0) is 43.4 Å². The molecule has 7 nitrogen and oxygen atoms in total. The number of hydrogen-bond donors (Lipinski definition) is 1. The van der Waals surface area contributed by atoms with E-state index in [1.54, 1.807) is 4.90 Å². The zero-order valence-corrected chi connectivity index (χ0v) is 16.0. The van der Waals surface area contributed by atoms with Crippen LogP contribution in [0.2, 0.25) is 0 Å². The highest BCUT2D eigenvalue weighted by molar-refractivity contribution is 5.80. The Labute approximate surface area is 159 Å². The second-order valence-corrected chi connectivity index (χ2v) is 6.79. The molecule has 0 aromatic heterocycles. The minimum Gasteiger partial charge on any atom is -0.484 e. The van der Waals surface area contributed by atoms with E-state index < -0.39 is 5.97 Å². The number of aliphatic carboxylic acids is 1. The largest absolute Gasteiger partial charge is 0.484 e. The van der Waals surface area contributed by atoms with Gasteiger partial charge in [0.2, 0.25) is 5.91 Å². The quantitative estimate of drug-likeness (QED) is 0.786. The normalized spacial score (nSPS) is 17.1. The summed E-state index contributed by atoms with van der Waals surface area (Å²) in [6.07, 6.45) is 2.94. The maximum absolute atomic E-state index is 12.5. The van der Waals surface area contributed by atoms with Crippen LogP contribution in [-0.4, -0.2) is 65.0 Å². The summed E-state index contributed by atoms with van der Waals surface area (Å²) in [6.45, 7) is 4.22. The number of carboxylic acids is 1. The van der Waals surface area contributed by atoms with E-state index in [0.29, 0.717) is 31.7 Å². The maximum atomic E-state index is 12.5. The number of likely N-dealkylation sites (tertiary alicyclic amines) is 1. The molecule has 27 heavy (non-hydrogen) atoms. The zero-order chi connectivity index (χ0) is 19.8. The van der Waals surface area contributed by atoms with Gasteiger partial charge >= 0.3 is 5.97 Å². The van der Waals surface area contributed by atoms with Gasteiger partial charge in [0.15, 0.2) is 6.61 Å². The van der Waals surface area contributed by atoms with Gasteiger partial charge in [0, 0.05) is 26.1 Å². The van der Waals surface area contributed by atoms with Gasteiger partial charge in [0.1, 0.15) is 12.3 Å². The summed E-state index contributed by atoms with van der Waals surface area (Å²) in [5.41, 5.74) is 1.21. The Bertz CT molecular complexity index is 659. The Hall–Kier alpha value is -2.57. The van der Waals surface area contributed by atoms with E-state index in [1.807, 2.05) is 24.3 Å². The van der Waals surface area contributed by atoms with Crippen LogP contribution in [0.25, 0.3) is 0 Å². The zero-order valence-electron chi connectivity index (χ0n) is 16.0. The van der Waals surface area contributed by atoms with Crippen molar-refractivity contribution in [1.29, 1.82) is 0 Å². The van der Waals surface area contributed by atoms with Crippen LogP contribution >= 0.6 is 0 Å². The third-order valence-electron chi connectivity index (χ3n) is 4.90. The number of nitrogens with zero attached hydrogens (tertiary/aromatic N) is 2. The molecule has 1 aromatic rings. The minimum absolute atomic E-state index is 0.0261. The van der Waals surface area contributed by atoms with Gasteiger partial charge in [-0.1, -0.05) is 19.1 Å². The standard InChI is InChI=1S/C20H28N2O5/c1-3-16-6-8-18(9-7-16)27-14-19(24)21-11-4-5-17(10-12-21)22(15(2)23)13-20(25)26/h6-9,17H,3-5,10-14H2,1-2H3,(H,25,26). The molecular weight excluding hydrogens is 348 g/mol. The van der Waals surface area contributed by atoms with Crippen LogP contribution in [0.1, 0.15) is 38.7 Å². The fourth-order valence-electron chi connectivity index (χ4n) is 3.34. The van der Waals surface area contributed by atoms with E-state index in [2.05, 4.69) is 6.92 Å². The van der Waals surface area contributed by atoms with Crippen molar-refractivity contribution in [2.24, 2.45) is 0 Å². The molecule has 1 fully saturated rings. The molecule has 1 aliphatic heterocycles. The van der Waals surface area contributed by atoms with Crippen molar-refractivity contribution in [3.63, 3.8) is 0 Å². The van der Waals surface area contributed by atoms with Crippen LogP contribution in [0.15, 0.2) is 24.3 Å². The van der Waals surface area contributed by atoms with Crippen LogP contribution in [0.4, 0.5) is 0 Å². The molecule has 7 heteroatoms. The molecule has 1 unspecified atom stereocenters. The molecule has 0 bridgehead atoms. The van der Waals surface area contributed by atoms with Crippen LogP contribution < -0.4 is 4.74 Å². The summed E-state index contributed by atoms with van der Waals surface area (Å²) in [6, 6.07) is 7.53. The Morgan fingerprint density at radius 2 is 1.89 bits per heavy atom. The molecule has 0 saturated carbocycles. The maximum Gasteiger partial charge on any atom is 0.323 e. The highest BCUT2D eigenvalue weighted by Crippen LogP contribution is 2.18. The Morgan fingerprint density at radius 3 is 2.48 bits per heavy atom. The van der Waals surface area contributed by atoms with Gasteiger partial charge in [0.25, 0.3) is 5.91 Å². The number of hydrogen-bond acceptors (Lipinski definition) is 4. The average Bonchev–Trinajstić information content (AvgIpc) is 2.90. The molecular formula is C20H28N2O5. The molecule has 148 valence electrons. The third kappa shape index (κ3) is 6.27. The highest BCUT2D eigenvalue weighted by Gasteiger charge is 2.27. The van der Waals surface area contributed by atoms with Crippen LogP contribution in [0, 0.1) is 0 Å². The Balaban J connectivity index is 1.87. The molecule has 1 N–H and O–H groups in total. The van der Waals surface area contributed by atoms with Gasteiger partial charge in [0.05, 0.1) is 0 Å². The molecule has 1 heterocycles. The summed E-state index contributed by atoms with van der Waals surface area (Å²) in [4.78, 5) is 38.4. The molecule has 2 amide bonds. The van der Waals surface area contributed by atoms with Crippen LogP contribution in [0.3, 0.4) is 0 Å². The molecule has 0 aliphatic carbocycles. The third-order valence-corrected chi connectivity index (χ3v) is 4.90. The second-order valence-electron chi connectivity index (χ2n) is 6.79. The fourth-order valence-corrected chi connectivity index (χ4v) is 3.34. The van der Waals surface area contributed by atoms with Crippen LogP contribution in [0.5, 0.6) is 5.75 Å². The van der Waals surface area contributed by atoms with Gasteiger partial charge in [-0.2, -0.15) is 0 Å². The summed E-state index contributed by atoms with van der Waals surface area (Å²) < 4.78 is 5.59. The lowest BCUT2D eigenvalue weighted by atomic mass is 10.1. The predicted molar refractivity (Wildman–Crippen MR) is 101 cm³/mol. The lowest BCUT2D eigenvalue weighted by Gasteiger charge is -2.28. The number of carboxylic acid groups (broad SMARTS) is 1. The van der Waals surface area contributed by atoms with Crippen molar-refractivity contribution in [3.8, 4) is 5.75 Å². The van der Waals surface area contributed by atoms with Crippen molar-refractivity contribution >= 4 is 17.8 Å². The van der Waals surface area contributed by atoms with Gasteiger partial charge < -0.3 is 19.6 Å². The first-order valence-electron chi connectivity index (χ1n) is 9.39. The van der Waals surface area contributed by atoms with Crippen molar-refractivity contribution in [2.45, 2.75) is 45.6 Å². The van der Waals surface area contributed by atoms with Crippen molar-refractivity contribution < 1.29 is 24.2 Å². The lowest BCUT2D eigenvalue weighted by Crippen LogP contribution is -2.43. The summed E-state index contributed by atoms with van der Waals surface area (Å²) >= 11 is 0. The average molecular weight is 376 g/mol. The van der Waals surface area contributed by atoms with E-state index in [1.165, 1.54) is 17.4 Å². The first-order valence-corrected chi connectivity index (χ1v) is 9.39. The van der Waals surface area contributed by atoms with E-state index >= 15 is 0 Å². The number of aryl methyl sites for hydroxylation is 1. The smallest absolute Gasteiger partial charge is 0.323 e. The molecule has 0 radical (unpaired) electrons. The topological polar surface area (TPSA) is 87.2 Å². The fraction of sp³-hybridized carbons (Fsp3) is 0.550. The van der Waals surface area contributed by atoms with Gasteiger partial charge in [-0.15, -0.1) is 0 Å². The van der Waals surface area contributed by atoms with E-state index in [4.69, 9.17) is 9.84 Å². The van der Waals surface area contributed by atoms with E-state index in [9.17, 15) is 14.4 Å². The summed E-state index contributed by atoms with van der Waals surface area (Å²) in [5, 5.41) is 9.01. The monoisotopic (exact) mass is 376 g/mol. The summed E-state index contributed by atoms with van der Waals surface area (Å²) in [5.74, 6) is -0.703. The Kier molecular flexibility index (Phi) is 7.64. The van der Waals surface area contributed by atoms with Crippen molar-refractivity contribution in [1.82, 2.24) is 9.80 Å². The van der Waals surface area contributed by atoms with Crippen LogP contribution in [-0.2, 0) is 20.8 Å². The second kappa shape index (κ2) is 9.94.